The summed E-state index contributed by atoms with van der Waals surface area (Å²) in [6.07, 6.45) is 0. The number of rotatable bonds is 1. The summed E-state index contributed by atoms with van der Waals surface area (Å²) in [6.45, 7) is 0. The van der Waals surface area contributed by atoms with Crippen LogP contribution in [0.25, 0.3) is 15.2 Å². The van der Waals surface area contributed by atoms with Crippen molar-refractivity contribution in [2.24, 2.45) is 0 Å². The third-order valence-electron chi connectivity index (χ3n) is 2.65. The Morgan fingerprint density at radius 1 is 1.42 bits per heavy atom. The van der Waals surface area contributed by atoms with Crippen molar-refractivity contribution in [3.05, 3.63) is 44.8 Å². The molecule has 0 bridgehead atoms. The lowest BCUT2D eigenvalue weighted by atomic mass is 10.3. The van der Waals surface area contributed by atoms with Crippen LogP contribution in [-0.4, -0.2) is 22.5 Å². The molecule has 0 spiro atoms. The Kier molecular flexibility index (Phi) is 2.87. The van der Waals surface area contributed by atoms with Crippen molar-refractivity contribution < 1.29 is 9.53 Å². The predicted octanol–water partition coefficient (Wildman–Crippen LogP) is 2.46. The van der Waals surface area contributed by atoms with E-state index in [1.807, 2.05) is 18.2 Å². The lowest BCUT2D eigenvalue weighted by Gasteiger charge is -1.98. The average molecular weight is 339 g/mol. The molecule has 0 saturated carbocycles. The number of hydrogen-bond acceptors (Lipinski definition) is 5. The molecule has 0 saturated heterocycles. The van der Waals surface area contributed by atoms with E-state index in [9.17, 15) is 9.59 Å². The number of nitrogens with zero attached hydrogens (tertiary/aromatic N) is 2. The number of aromatic nitrogens is 2. The number of methoxy groups -OCH3 is 1. The zero-order valence-corrected chi connectivity index (χ0v) is 12.1. The molecule has 0 aliphatic carbocycles. The lowest BCUT2D eigenvalue weighted by molar-refractivity contribution is 0.0594. The van der Waals surface area contributed by atoms with E-state index in [4.69, 9.17) is 0 Å². The average Bonchev–Trinajstić information content (AvgIpc) is 2.75. The van der Waals surface area contributed by atoms with E-state index in [-0.39, 0.29) is 11.3 Å². The second-order valence-electron chi connectivity index (χ2n) is 3.80. The molecule has 0 aliphatic heterocycles. The number of fused-ring (bicyclic) bond motifs is 3. The first-order chi connectivity index (χ1) is 9.10. The van der Waals surface area contributed by atoms with Gasteiger partial charge in [-0.25, -0.2) is 9.78 Å². The summed E-state index contributed by atoms with van der Waals surface area (Å²) in [6, 6.07) is 6.79. The number of hydrogen-bond donors (Lipinski definition) is 0. The third kappa shape index (κ3) is 1.95. The first kappa shape index (κ1) is 12.3. The van der Waals surface area contributed by atoms with Gasteiger partial charge < -0.3 is 4.74 Å². The SMILES string of the molecule is COC(=O)c1cc(=O)n2c(n1)sc1cc(Br)ccc12. The van der Waals surface area contributed by atoms with Gasteiger partial charge in [0.05, 0.1) is 17.3 Å². The fourth-order valence-corrected chi connectivity index (χ4v) is 3.40. The van der Waals surface area contributed by atoms with Crippen LogP contribution in [0, 0.1) is 0 Å². The Morgan fingerprint density at radius 3 is 2.95 bits per heavy atom. The molecule has 3 aromatic rings. The number of halogens is 1. The van der Waals surface area contributed by atoms with Crippen LogP contribution in [0.5, 0.6) is 0 Å². The van der Waals surface area contributed by atoms with Crippen LogP contribution in [0.1, 0.15) is 10.5 Å². The normalized spacial score (nSPS) is 11.1. The fraction of sp³-hybridized carbons (Fsp3) is 0.0833. The molecule has 0 atom stereocenters. The van der Waals surface area contributed by atoms with Crippen molar-refractivity contribution in [3.63, 3.8) is 0 Å². The standard InChI is InChI=1S/C12H7BrN2O3S/c1-18-11(17)7-5-10(16)15-8-3-2-6(13)4-9(8)19-12(15)14-7/h2-5H,1H3. The molecule has 0 amide bonds. The van der Waals surface area contributed by atoms with Crippen molar-refractivity contribution in [2.45, 2.75) is 0 Å². The molecule has 2 heterocycles. The van der Waals surface area contributed by atoms with Gasteiger partial charge in [-0.05, 0) is 18.2 Å². The summed E-state index contributed by atoms with van der Waals surface area (Å²) in [5.41, 5.74) is 0.509. The molecule has 96 valence electrons. The Bertz CT molecular complexity index is 868. The number of carbonyl (C=O) groups excluding carboxylic acids is 1. The highest BCUT2D eigenvalue weighted by molar-refractivity contribution is 9.10. The topological polar surface area (TPSA) is 60.7 Å². The van der Waals surface area contributed by atoms with E-state index < -0.39 is 5.97 Å². The first-order valence-corrected chi connectivity index (χ1v) is 6.91. The summed E-state index contributed by atoms with van der Waals surface area (Å²) < 4.78 is 7.91. The number of ether oxygens (including phenoxy) is 1. The second kappa shape index (κ2) is 4.43. The highest BCUT2D eigenvalue weighted by atomic mass is 79.9. The maximum absolute atomic E-state index is 12.1. The highest BCUT2D eigenvalue weighted by Gasteiger charge is 2.14. The van der Waals surface area contributed by atoms with E-state index in [1.165, 1.54) is 28.9 Å². The predicted molar refractivity (Wildman–Crippen MR) is 75.9 cm³/mol. The van der Waals surface area contributed by atoms with Gasteiger partial charge in [-0.1, -0.05) is 27.3 Å². The molecule has 0 fully saturated rings. The van der Waals surface area contributed by atoms with Crippen molar-refractivity contribution in [1.82, 2.24) is 9.38 Å². The summed E-state index contributed by atoms with van der Waals surface area (Å²) in [4.78, 5) is 28.2. The first-order valence-electron chi connectivity index (χ1n) is 5.30. The van der Waals surface area contributed by atoms with Crippen molar-refractivity contribution in [3.8, 4) is 0 Å². The van der Waals surface area contributed by atoms with E-state index >= 15 is 0 Å². The van der Waals surface area contributed by atoms with Crippen LogP contribution >= 0.6 is 27.3 Å². The molecule has 0 unspecified atom stereocenters. The minimum Gasteiger partial charge on any atom is -0.464 e. The van der Waals surface area contributed by atoms with Crippen molar-refractivity contribution in [1.29, 1.82) is 0 Å². The monoisotopic (exact) mass is 338 g/mol. The molecular formula is C12H7BrN2O3S. The van der Waals surface area contributed by atoms with Gasteiger partial charge >= 0.3 is 5.97 Å². The Hall–Kier alpha value is -1.73. The zero-order valence-electron chi connectivity index (χ0n) is 9.71. The highest BCUT2D eigenvalue weighted by Crippen LogP contribution is 2.26. The second-order valence-corrected chi connectivity index (χ2v) is 5.73. The van der Waals surface area contributed by atoms with Gasteiger partial charge in [-0.2, -0.15) is 0 Å². The van der Waals surface area contributed by atoms with Crippen LogP contribution in [0.2, 0.25) is 0 Å². The fourth-order valence-electron chi connectivity index (χ4n) is 1.81. The number of esters is 1. The summed E-state index contributed by atoms with van der Waals surface area (Å²) in [5, 5.41) is 0. The summed E-state index contributed by atoms with van der Waals surface area (Å²) >= 11 is 4.73. The van der Waals surface area contributed by atoms with E-state index in [1.54, 1.807) is 0 Å². The van der Waals surface area contributed by atoms with E-state index in [0.29, 0.717) is 4.96 Å². The molecule has 0 radical (unpaired) electrons. The van der Waals surface area contributed by atoms with Crippen LogP contribution < -0.4 is 5.56 Å². The molecule has 1 aromatic carbocycles. The number of thiazole rings is 1. The lowest BCUT2D eigenvalue weighted by Crippen LogP contribution is -2.16. The van der Waals surface area contributed by atoms with E-state index in [0.717, 1.165) is 14.7 Å². The molecule has 3 rings (SSSR count). The molecule has 0 aliphatic rings. The molecule has 0 N–H and O–H groups in total. The van der Waals surface area contributed by atoms with Gasteiger partial charge in [-0.15, -0.1) is 0 Å². The minimum atomic E-state index is -0.613. The van der Waals surface area contributed by atoms with Crippen LogP contribution in [0.4, 0.5) is 0 Å². The Balaban J connectivity index is 2.41. The summed E-state index contributed by atoms with van der Waals surface area (Å²) in [7, 11) is 1.26. The van der Waals surface area contributed by atoms with Gasteiger partial charge in [-0.3, -0.25) is 9.20 Å². The minimum absolute atomic E-state index is 0.0260. The molecule has 19 heavy (non-hydrogen) atoms. The molecule has 5 nitrogen and oxygen atoms in total. The zero-order chi connectivity index (χ0) is 13.6. The van der Waals surface area contributed by atoms with E-state index in [2.05, 4.69) is 25.7 Å². The molecule has 7 heteroatoms. The van der Waals surface area contributed by atoms with Crippen molar-refractivity contribution in [2.75, 3.05) is 7.11 Å². The van der Waals surface area contributed by atoms with Gasteiger partial charge in [0.25, 0.3) is 5.56 Å². The number of carbonyl (C=O) groups is 1. The number of benzene rings is 1. The van der Waals surface area contributed by atoms with Gasteiger partial charge in [0, 0.05) is 10.5 Å². The molecule has 2 aromatic heterocycles. The van der Waals surface area contributed by atoms with Crippen LogP contribution in [-0.2, 0) is 4.74 Å². The molecular weight excluding hydrogens is 332 g/mol. The quantitative estimate of drug-likeness (QED) is 0.639. The Labute approximate surface area is 119 Å². The van der Waals surface area contributed by atoms with Crippen LogP contribution in [0.3, 0.4) is 0 Å². The van der Waals surface area contributed by atoms with Crippen LogP contribution in [0.15, 0.2) is 33.5 Å². The van der Waals surface area contributed by atoms with Crippen molar-refractivity contribution >= 4 is 48.4 Å². The van der Waals surface area contributed by atoms with Gasteiger partial charge in [0.15, 0.2) is 10.7 Å². The maximum Gasteiger partial charge on any atom is 0.356 e. The maximum atomic E-state index is 12.1. The smallest absolute Gasteiger partial charge is 0.356 e. The third-order valence-corrected chi connectivity index (χ3v) is 4.14. The van der Waals surface area contributed by atoms with Gasteiger partial charge in [0.2, 0.25) is 0 Å². The Morgan fingerprint density at radius 2 is 2.21 bits per heavy atom. The summed E-state index contributed by atoms with van der Waals surface area (Å²) in [5.74, 6) is -0.613. The largest absolute Gasteiger partial charge is 0.464 e. The van der Waals surface area contributed by atoms with Gasteiger partial charge in [0.1, 0.15) is 0 Å².